The van der Waals surface area contributed by atoms with Crippen molar-refractivity contribution in [3.8, 4) is 5.75 Å². The number of aliphatic carboxylic acids is 1. The summed E-state index contributed by atoms with van der Waals surface area (Å²) in [5.41, 5.74) is 0. The Morgan fingerprint density at radius 1 is 1.35 bits per heavy atom. The van der Waals surface area contributed by atoms with Crippen LogP contribution < -0.4 is 4.74 Å². The maximum atomic E-state index is 12.2. The van der Waals surface area contributed by atoms with Crippen LogP contribution in [0.1, 0.15) is 0 Å². The number of likely N-dealkylation sites (N-methyl/N-ethyl adjacent to an activating group) is 1. The van der Waals surface area contributed by atoms with E-state index in [1.54, 1.807) is 0 Å². The zero-order chi connectivity index (χ0) is 15.6. The lowest BCUT2D eigenvalue weighted by molar-refractivity contribution is -0.275. The number of hydrogen-bond donors (Lipinski definition) is 1. The van der Waals surface area contributed by atoms with Gasteiger partial charge in [0.2, 0.25) is 10.0 Å². The number of para-hydroxylation sites is 1. The topological polar surface area (TPSA) is 83.9 Å². The molecule has 1 rings (SSSR count). The Labute approximate surface area is 112 Å². The van der Waals surface area contributed by atoms with Crippen LogP contribution in [-0.4, -0.2) is 43.8 Å². The Bertz CT molecular complexity index is 599. The first-order valence-corrected chi connectivity index (χ1v) is 6.51. The molecule has 1 aromatic carbocycles. The Hall–Kier alpha value is -1.81. The van der Waals surface area contributed by atoms with E-state index in [2.05, 4.69) is 4.74 Å². The van der Waals surface area contributed by atoms with Gasteiger partial charge in [0.25, 0.3) is 0 Å². The highest BCUT2D eigenvalue weighted by Gasteiger charge is 2.35. The summed E-state index contributed by atoms with van der Waals surface area (Å²) in [6.45, 7) is -0.886. The molecule has 1 N–H and O–H groups in total. The second-order valence-corrected chi connectivity index (χ2v) is 5.66. The third-order valence-corrected chi connectivity index (χ3v) is 3.96. The molecule has 0 aliphatic carbocycles. The number of halogens is 3. The fraction of sp³-hybridized carbons (Fsp3) is 0.300. The summed E-state index contributed by atoms with van der Waals surface area (Å²) in [7, 11) is -3.47. The van der Waals surface area contributed by atoms with Gasteiger partial charge in [0.15, 0.2) is 0 Å². The van der Waals surface area contributed by atoms with Crippen LogP contribution in [0.3, 0.4) is 0 Å². The molecule has 0 aliphatic rings. The van der Waals surface area contributed by atoms with Crippen molar-refractivity contribution in [3.63, 3.8) is 0 Å². The Kier molecular flexibility index (Phi) is 4.61. The quantitative estimate of drug-likeness (QED) is 0.885. The second-order valence-electron chi connectivity index (χ2n) is 3.65. The predicted molar refractivity (Wildman–Crippen MR) is 60.6 cm³/mol. The summed E-state index contributed by atoms with van der Waals surface area (Å²) in [6, 6.07) is 4.09. The lowest BCUT2D eigenvalue weighted by atomic mass is 10.3. The molecule has 20 heavy (non-hydrogen) atoms. The number of alkyl halides is 3. The van der Waals surface area contributed by atoms with Gasteiger partial charge < -0.3 is 9.84 Å². The predicted octanol–water partition coefficient (Wildman–Crippen LogP) is 1.29. The number of benzene rings is 1. The van der Waals surface area contributed by atoms with Gasteiger partial charge >= 0.3 is 12.3 Å². The molecule has 0 unspecified atom stereocenters. The van der Waals surface area contributed by atoms with E-state index in [0.29, 0.717) is 4.31 Å². The molecule has 0 spiro atoms. The van der Waals surface area contributed by atoms with Crippen LogP contribution >= 0.6 is 0 Å². The number of nitrogens with zero attached hydrogens (tertiary/aromatic N) is 1. The van der Waals surface area contributed by atoms with Crippen LogP contribution in [0.25, 0.3) is 0 Å². The van der Waals surface area contributed by atoms with Crippen LogP contribution in [0, 0.1) is 0 Å². The van der Waals surface area contributed by atoms with E-state index in [4.69, 9.17) is 5.11 Å². The number of hydrogen-bond acceptors (Lipinski definition) is 4. The van der Waals surface area contributed by atoms with Crippen molar-refractivity contribution in [2.45, 2.75) is 11.3 Å². The van der Waals surface area contributed by atoms with E-state index in [1.807, 2.05) is 0 Å². The Balaban J connectivity index is 3.22. The van der Waals surface area contributed by atoms with Crippen LogP contribution in [0.5, 0.6) is 5.75 Å². The maximum Gasteiger partial charge on any atom is 0.573 e. The normalized spacial score (nSPS) is 12.4. The van der Waals surface area contributed by atoms with Crippen LogP contribution in [0.15, 0.2) is 29.2 Å². The third-order valence-electron chi connectivity index (χ3n) is 2.12. The first-order valence-electron chi connectivity index (χ1n) is 5.07. The molecule has 0 amide bonds. The fourth-order valence-corrected chi connectivity index (χ4v) is 2.55. The summed E-state index contributed by atoms with van der Waals surface area (Å²) >= 11 is 0. The van der Waals surface area contributed by atoms with Crippen molar-refractivity contribution in [3.05, 3.63) is 24.3 Å². The van der Waals surface area contributed by atoms with Crippen LogP contribution in [0.4, 0.5) is 13.2 Å². The van der Waals surface area contributed by atoms with E-state index in [-0.39, 0.29) is 0 Å². The van der Waals surface area contributed by atoms with Crippen molar-refractivity contribution in [2.75, 3.05) is 13.6 Å². The minimum absolute atomic E-state index is 0.411. The summed E-state index contributed by atoms with van der Waals surface area (Å²) in [5, 5.41) is 8.53. The molecule has 0 aromatic heterocycles. The molecular weight excluding hydrogens is 303 g/mol. The molecule has 1 aromatic rings. The molecule has 10 heteroatoms. The molecule has 0 heterocycles. The average Bonchev–Trinajstić information content (AvgIpc) is 2.26. The van der Waals surface area contributed by atoms with Gasteiger partial charge in [0, 0.05) is 7.05 Å². The van der Waals surface area contributed by atoms with Gasteiger partial charge in [-0.05, 0) is 12.1 Å². The van der Waals surface area contributed by atoms with E-state index < -0.39 is 39.5 Å². The van der Waals surface area contributed by atoms with Crippen molar-refractivity contribution in [1.82, 2.24) is 4.31 Å². The first kappa shape index (κ1) is 16.2. The number of sulfonamides is 1. The van der Waals surface area contributed by atoms with Gasteiger partial charge in [-0.25, -0.2) is 8.42 Å². The number of carboxylic acids is 1. The summed E-state index contributed by atoms with van der Waals surface area (Å²) < 4.78 is 64.6. The van der Waals surface area contributed by atoms with E-state index in [1.165, 1.54) is 6.07 Å². The van der Waals surface area contributed by atoms with Crippen LogP contribution in [0.2, 0.25) is 0 Å². The molecule has 0 aliphatic heterocycles. The lowest BCUT2D eigenvalue weighted by Crippen LogP contribution is -2.32. The zero-order valence-electron chi connectivity index (χ0n) is 10.1. The smallest absolute Gasteiger partial charge is 0.480 e. The summed E-state index contributed by atoms with van der Waals surface area (Å²) in [5.74, 6) is -2.36. The molecule has 0 saturated heterocycles. The van der Waals surface area contributed by atoms with Gasteiger partial charge in [-0.1, -0.05) is 12.1 Å². The van der Waals surface area contributed by atoms with Gasteiger partial charge in [-0.15, -0.1) is 13.2 Å². The molecule has 0 bridgehead atoms. The van der Waals surface area contributed by atoms with Gasteiger partial charge in [0.1, 0.15) is 17.2 Å². The highest BCUT2D eigenvalue weighted by Crippen LogP contribution is 2.30. The Morgan fingerprint density at radius 3 is 2.40 bits per heavy atom. The molecule has 0 radical (unpaired) electrons. The Morgan fingerprint density at radius 2 is 1.90 bits per heavy atom. The largest absolute Gasteiger partial charge is 0.573 e. The number of carbonyl (C=O) groups is 1. The number of ether oxygens (including phenoxy) is 1. The summed E-state index contributed by atoms with van der Waals surface area (Å²) in [4.78, 5) is 9.72. The van der Waals surface area contributed by atoms with Crippen molar-refractivity contribution in [1.29, 1.82) is 0 Å². The fourth-order valence-electron chi connectivity index (χ4n) is 1.32. The molecular formula is C10H10F3NO5S. The highest BCUT2D eigenvalue weighted by atomic mass is 32.2. The average molecular weight is 313 g/mol. The van der Waals surface area contributed by atoms with Crippen LogP contribution in [-0.2, 0) is 14.8 Å². The standard InChI is InChI=1S/C10H10F3NO5S/c1-14(6-9(15)16)20(17,18)8-5-3-2-4-7(8)19-10(11,12)13/h2-5H,6H2,1H3,(H,15,16). The molecule has 0 saturated carbocycles. The first-order chi connectivity index (χ1) is 9.04. The van der Waals surface area contributed by atoms with Crippen molar-refractivity contribution >= 4 is 16.0 Å². The van der Waals surface area contributed by atoms with Gasteiger partial charge in [0.05, 0.1) is 0 Å². The molecule has 0 atom stereocenters. The number of carboxylic acid groups (broad SMARTS) is 1. The van der Waals surface area contributed by atoms with E-state index in [0.717, 1.165) is 25.2 Å². The van der Waals surface area contributed by atoms with Crippen molar-refractivity contribution in [2.24, 2.45) is 0 Å². The van der Waals surface area contributed by atoms with E-state index in [9.17, 15) is 26.4 Å². The minimum atomic E-state index is -5.06. The maximum absolute atomic E-state index is 12.2. The third kappa shape index (κ3) is 4.10. The molecule has 6 nitrogen and oxygen atoms in total. The lowest BCUT2D eigenvalue weighted by Gasteiger charge is -2.18. The monoisotopic (exact) mass is 313 g/mol. The minimum Gasteiger partial charge on any atom is -0.480 e. The molecule has 112 valence electrons. The van der Waals surface area contributed by atoms with Gasteiger partial charge in [-0.2, -0.15) is 4.31 Å². The van der Waals surface area contributed by atoms with Crippen molar-refractivity contribution < 1.29 is 36.2 Å². The summed E-state index contributed by atoms with van der Waals surface area (Å²) in [6.07, 6.45) is -5.06. The van der Waals surface area contributed by atoms with E-state index >= 15 is 0 Å². The number of rotatable bonds is 5. The second kappa shape index (κ2) is 5.67. The molecule has 0 fully saturated rings. The zero-order valence-corrected chi connectivity index (χ0v) is 10.9. The highest BCUT2D eigenvalue weighted by molar-refractivity contribution is 7.89. The van der Waals surface area contributed by atoms with Gasteiger partial charge in [-0.3, -0.25) is 4.79 Å². The SMILES string of the molecule is CN(CC(=O)O)S(=O)(=O)c1ccccc1OC(F)(F)F.